The zero-order chi connectivity index (χ0) is 13.0. The average molecular weight is 243 g/mol. The highest BCUT2D eigenvalue weighted by molar-refractivity contribution is 5.30. The van der Waals surface area contributed by atoms with Gasteiger partial charge in [0.1, 0.15) is 0 Å². The van der Waals surface area contributed by atoms with Crippen molar-refractivity contribution in [1.29, 1.82) is 0 Å². The van der Waals surface area contributed by atoms with Gasteiger partial charge >= 0.3 is 0 Å². The molecule has 0 amide bonds. The maximum atomic E-state index is 4.18. The van der Waals surface area contributed by atoms with Crippen molar-refractivity contribution in [3.63, 3.8) is 0 Å². The second kappa shape index (κ2) is 6.19. The third kappa shape index (κ3) is 3.02. The summed E-state index contributed by atoms with van der Waals surface area (Å²) in [6.07, 6.45) is 4.89. The second-order valence-corrected chi connectivity index (χ2v) is 5.55. The van der Waals surface area contributed by atoms with E-state index in [0.29, 0.717) is 12.0 Å². The average Bonchev–Trinajstić information content (AvgIpc) is 2.38. The van der Waals surface area contributed by atoms with Crippen LogP contribution in [0.3, 0.4) is 0 Å². The SMILES string of the molecule is C=C(C)C(NCCC)C1CCc2ccccc2C1. The van der Waals surface area contributed by atoms with Gasteiger partial charge in [-0.25, -0.2) is 0 Å². The number of fused-ring (bicyclic) bond motifs is 1. The van der Waals surface area contributed by atoms with Gasteiger partial charge in [-0.1, -0.05) is 43.3 Å². The summed E-state index contributed by atoms with van der Waals surface area (Å²) in [4.78, 5) is 0. The Labute approximate surface area is 111 Å². The lowest BCUT2D eigenvalue weighted by atomic mass is 9.78. The predicted molar refractivity (Wildman–Crippen MR) is 78.9 cm³/mol. The summed E-state index contributed by atoms with van der Waals surface area (Å²) in [5, 5.41) is 3.67. The van der Waals surface area contributed by atoms with Crippen molar-refractivity contribution in [1.82, 2.24) is 5.32 Å². The van der Waals surface area contributed by atoms with Gasteiger partial charge in [-0.2, -0.15) is 0 Å². The minimum atomic E-state index is 0.485. The van der Waals surface area contributed by atoms with E-state index >= 15 is 0 Å². The molecule has 2 atom stereocenters. The third-order valence-electron chi connectivity index (χ3n) is 4.00. The Morgan fingerprint density at radius 3 is 2.78 bits per heavy atom. The van der Waals surface area contributed by atoms with Crippen LogP contribution in [0.15, 0.2) is 36.4 Å². The molecule has 1 nitrogen and oxygen atoms in total. The molecular weight excluding hydrogens is 218 g/mol. The van der Waals surface area contributed by atoms with Crippen molar-refractivity contribution in [2.75, 3.05) is 6.54 Å². The van der Waals surface area contributed by atoms with E-state index in [2.05, 4.69) is 50.0 Å². The number of nitrogens with one attached hydrogen (secondary N) is 1. The first-order valence-electron chi connectivity index (χ1n) is 7.18. The van der Waals surface area contributed by atoms with Crippen molar-refractivity contribution >= 4 is 0 Å². The van der Waals surface area contributed by atoms with Crippen molar-refractivity contribution in [2.24, 2.45) is 5.92 Å². The first kappa shape index (κ1) is 13.4. The lowest BCUT2D eigenvalue weighted by Gasteiger charge is -2.32. The molecule has 0 fully saturated rings. The van der Waals surface area contributed by atoms with Crippen molar-refractivity contribution in [3.8, 4) is 0 Å². The van der Waals surface area contributed by atoms with Crippen LogP contribution in [-0.4, -0.2) is 12.6 Å². The van der Waals surface area contributed by atoms with Crippen LogP contribution >= 0.6 is 0 Å². The Morgan fingerprint density at radius 2 is 2.11 bits per heavy atom. The number of benzene rings is 1. The fourth-order valence-electron chi connectivity index (χ4n) is 3.05. The fraction of sp³-hybridized carbons (Fsp3) is 0.529. The van der Waals surface area contributed by atoms with E-state index in [1.165, 1.54) is 31.3 Å². The molecule has 1 aliphatic carbocycles. The highest BCUT2D eigenvalue weighted by Gasteiger charge is 2.25. The molecule has 1 N–H and O–H groups in total. The zero-order valence-electron chi connectivity index (χ0n) is 11.7. The van der Waals surface area contributed by atoms with Crippen molar-refractivity contribution < 1.29 is 0 Å². The van der Waals surface area contributed by atoms with Gasteiger partial charge < -0.3 is 5.32 Å². The van der Waals surface area contributed by atoms with Crippen LogP contribution in [0.5, 0.6) is 0 Å². The van der Waals surface area contributed by atoms with E-state index in [1.807, 2.05) is 0 Å². The highest BCUT2D eigenvalue weighted by atomic mass is 14.9. The molecule has 1 heteroatoms. The molecule has 1 aliphatic rings. The van der Waals surface area contributed by atoms with Gasteiger partial charge in [0, 0.05) is 6.04 Å². The van der Waals surface area contributed by atoms with Gasteiger partial charge in [0.2, 0.25) is 0 Å². The predicted octanol–water partition coefficient (Wildman–Crippen LogP) is 3.74. The molecule has 0 saturated heterocycles. The van der Waals surface area contributed by atoms with E-state index in [-0.39, 0.29) is 0 Å². The van der Waals surface area contributed by atoms with E-state index in [4.69, 9.17) is 0 Å². The summed E-state index contributed by atoms with van der Waals surface area (Å²) in [5.41, 5.74) is 4.37. The summed E-state index contributed by atoms with van der Waals surface area (Å²) in [7, 11) is 0. The van der Waals surface area contributed by atoms with Gasteiger partial charge in [0.25, 0.3) is 0 Å². The van der Waals surface area contributed by atoms with Gasteiger partial charge in [0.05, 0.1) is 0 Å². The first-order valence-corrected chi connectivity index (χ1v) is 7.18. The Balaban J connectivity index is 2.08. The minimum absolute atomic E-state index is 0.485. The van der Waals surface area contributed by atoms with Crippen LogP contribution in [0, 0.1) is 5.92 Å². The Morgan fingerprint density at radius 1 is 1.39 bits per heavy atom. The summed E-state index contributed by atoms with van der Waals surface area (Å²) in [6.45, 7) is 9.65. The molecule has 0 heterocycles. The molecule has 0 saturated carbocycles. The van der Waals surface area contributed by atoms with Crippen LogP contribution in [0.25, 0.3) is 0 Å². The molecule has 0 radical (unpaired) electrons. The summed E-state index contributed by atoms with van der Waals surface area (Å²) >= 11 is 0. The summed E-state index contributed by atoms with van der Waals surface area (Å²) < 4.78 is 0. The lowest BCUT2D eigenvalue weighted by molar-refractivity contribution is 0.353. The Hall–Kier alpha value is -1.08. The van der Waals surface area contributed by atoms with Gasteiger partial charge in [-0.05, 0) is 56.2 Å². The first-order chi connectivity index (χ1) is 8.72. The Kier molecular flexibility index (Phi) is 4.60. The molecule has 2 rings (SSSR count). The van der Waals surface area contributed by atoms with Gasteiger partial charge in [-0.3, -0.25) is 0 Å². The van der Waals surface area contributed by atoms with Crippen LogP contribution in [0.1, 0.15) is 37.8 Å². The Bertz CT molecular complexity index is 408. The molecular formula is C17H25N. The number of hydrogen-bond acceptors (Lipinski definition) is 1. The number of rotatable bonds is 5. The quantitative estimate of drug-likeness (QED) is 0.777. The zero-order valence-corrected chi connectivity index (χ0v) is 11.7. The molecule has 0 spiro atoms. The second-order valence-electron chi connectivity index (χ2n) is 5.55. The number of aryl methyl sites for hydroxylation is 1. The molecule has 0 aliphatic heterocycles. The minimum Gasteiger partial charge on any atom is -0.310 e. The lowest BCUT2D eigenvalue weighted by Crippen LogP contribution is -2.40. The molecule has 0 bridgehead atoms. The van der Waals surface area contributed by atoms with Crippen molar-refractivity contribution in [3.05, 3.63) is 47.5 Å². The van der Waals surface area contributed by atoms with E-state index in [1.54, 1.807) is 11.1 Å². The maximum absolute atomic E-state index is 4.18. The largest absolute Gasteiger partial charge is 0.310 e. The van der Waals surface area contributed by atoms with Crippen LogP contribution in [0.4, 0.5) is 0 Å². The molecule has 1 aromatic carbocycles. The third-order valence-corrected chi connectivity index (χ3v) is 4.00. The topological polar surface area (TPSA) is 12.0 Å². The van der Waals surface area contributed by atoms with Crippen molar-refractivity contribution in [2.45, 2.75) is 45.6 Å². The smallest absolute Gasteiger partial charge is 0.0305 e. The molecule has 18 heavy (non-hydrogen) atoms. The number of hydrogen-bond donors (Lipinski definition) is 1. The molecule has 0 aromatic heterocycles. The maximum Gasteiger partial charge on any atom is 0.0305 e. The highest BCUT2D eigenvalue weighted by Crippen LogP contribution is 2.29. The summed E-state index contributed by atoms with van der Waals surface area (Å²) in [6, 6.07) is 9.37. The summed E-state index contributed by atoms with van der Waals surface area (Å²) in [5.74, 6) is 0.712. The van der Waals surface area contributed by atoms with E-state index in [0.717, 1.165) is 6.54 Å². The van der Waals surface area contributed by atoms with E-state index in [9.17, 15) is 0 Å². The molecule has 2 unspecified atom stereocenters. The van der Waals surface area contributed by atoms with E-state index < -0.39 is 0 Å². The standard InChI is InChI=1S/C17H25N/c1-4-11-18-17(13(2)3)16-10-9-14-7-5-6-8-15(14)12-16/h5-8,16-18H,2,4,9-12H2,1,3H3. The van der Waals surface area contributed by atoms with Gasteiger partial charge in [-0.15, -0.1) is 0 Å². The normalized spacial score (nSPS) is 20.2. The van der Waals surface area contributed by atoms with Crippen LogP contribution in [-0.2, 0) is 12.8 Å². The molecule has 1 aromatic rings. The van der Waals surface area contributed by atoms with Crippen LogP contribution in [0.2, 0.25) is 0 Å². The van der Waals surface area contributed by atoms with Crippen LogP contribution < -0.4 is 5.32 Å². The monoisotopic (exact) mass is 243 g/mol. The van der Waals surface area contributed by atoms with Gasteiger partial charge in [0.15, 0.2) is 0 Å². The fourth-order valence-corrected chi connectivity index (χ4v) is 3.05. The molecule has 98 valence electrons.